The standard InChI is InChI=1S/C13H21N5O3/c1-4-5-6-7-13(19)15-14-10(2)9-17-11(3)8-12(16-17)18(20)21/h8H,4-7,9H2,1-3H3,(H,15,19). The molecule has 1 amide bonds. The maximum absolute atomic E-state index is 11.5. The summed E-state index contributed by atoms with van der Waals surface area (Å²) in [5.41, 5.74) is 3.78. The Morgan fingerprint density at radius 3 is 2.81 bits per heavy atom. The molecule has 0 aliphatic heterocycles. The highest BCUT2D eigenvalue weighted by Gasteiger charge is 2.15. The van der Waals surface area contributed by atoms with Crippen LogP contribution < -0.4 is 5.43 Å². The topological polar surface area (TPSA) is 102 Å². The smallest absolute Gasteiger partial charge is 0.358 e. The van der Waals surface area contributed by atoms with Crippen LogP contribution in [0.15, 0.2) is 11.2 Å². The number of hydrazone groups is 1. The third kappa shape index (κ3) is 5.72. The summed E-state index contributed by atoms with van der Waals surface area (Å²) in [6.45, 7) is 5.84. The van der Waals surface area contributed by atoms with Gasteiger partial charge in [0.15, 0.2) is 0 Å². The molecule has 0 saturated heterocycles. The number of aromatic nitrogens is 2. The van der Waals surface area contributed by atoms with Crippen molar-refractivity contribution in [3.05, 3.63) is 21.9 Å². The van der Waals surface area contributed by atoms with Crippen LogP contribution in [-0.4, -0.2) is 26.3 Å². The molecule has 0 spiro atoms. The zero-order chi connectivity index (χ0) is 15.8. The number of nitrogens with zero attached hydrogens (tertiary/aromatic N) is 4. The fraction of sp³-hybridized carbons (Fsp3) is 0.615. The van der Waals surface area contributed by atoms with Crippen LogP contribution in [-0.2, 0) is 11.3 Å². The molecule has 0 unspecified atom stereocenters. The van der Waals surface area contributed by atoms with Gasteiger partial charge in [-0.3, -0.25) is 4.79 Å². The van der Waals surface area contributed by atoms with Crippen LogP contribution in [0.3, 0.4) is 0 Å². The van der Waals surface area contributed by atoms with Crippen molar-refractivity contribution in [2.24, 2.45) is 5.10 Å². The predicted octanol–water partition coefficient (Wildman–Crippen LogP) is 2.17. The minimum absolute atomic E-state index is 0.119. The first-order valence-electron chi connectivity index (χ1n) is 6.95. The highest BCUT2D eigenvalue weighted by atomic mass is 16.6. The fourth-order valence-electron chi connectivity index (χ4n) is 1.74. The Bertz CT molecular complexity index is 536. The molecule has 0 fully saturated rings. The van der Waals surface area contributed by atoms with Gasteiger partial charge in [0.1, 0.15) is 6.54 Å². The number of carbonyl (C=O) groups is 1. The van der Waals surface area contributed by atoms with Crippen molar-refractivity contribution < 1.29 is 9.72 Å². The fourth-order valence-corrected chi connectivity index (χ4v) is 1.74. The van der Waals surface area contributed by atoms with E-state index in [9.17, 15) is 14.9 Å². The molecule has 0 saturated carbocycles. The molecule has 21 heavy (non-hydrogen) atoms. The number of aryl methyl sites for hydroxylation is 1. The molecular weight excluding hydrogens is 274 g/mol. The number of amides is 1. The second-order valence-corrected chi connectivity index (χ2v) is 4.90. The Morgan fingerprint density at radius 2 is 2.24 bits per heavy atom. The van der Waals surface area contributed by atoms with E-state index in [1.807, 2.05) is 0 Å². The molecule has 8 nitrogen and oxygen atoms in total. The minimum Gasteiger partial charge on any atom is -0.358 e. The van der Waals surface area contributed by atoms with E-state index in [2.05, 4.69) is 22.5 Å². The maximum Gasteiger partial charge on any atom is 0.390 e. The van der Waals surface area contributed by atoms with Crippen LogP contribution in [0.4, 0.5) is 5.82 Å². The Labute approximate surface area is 123 Å². The Balaban J connectivity index is 2.52. The largest absolute Gasteiger partial charge is 0.390 e. The highest BCUT2D eigenvalue weighted by molar-refractivity contribution is 5.84. The van der Waals surface area contributed by atoms with Crippen molar-refractivity contribution in [3.8, 4) is 0 Å². The van der Waals surface area contributed by atoms with Gasteiger partial charge in [0, 0.05) is 6.42 Å². The maximum atomic E-state index is 11.5. The van der Waals surface area contributed by atoms with Gasteiger partial charge in [-0.15, -0.1) is 0 Å². The molecule has 1 N–H and O–H groups in total. The molecule has 116 valence electrons. The Kier molecular flexibility index (Phi) is 6.51. The molecule has 0 aliphatic carbocycles. The summed E-state index contributed by atoms with van der Waals surface area (Å²) >= 11 is 0. The molecule has 8 heteroatoms. The molecule has 0 aromatic carbocycles. The van der Waals surface area contributed by atoms with E-state index in [1.54, 1.807) is 13.8 Å². The molecule has 1 rings (SSSR count). The van der Waals surface area contributed by atoms with Crippen LogP contribution in [0.5, 0.6) is 0 Å². The summed E-state index contributed by atoms with van der Waals surface area (Å²) in [5, 5.41) is 18.5. The van der Waals surface area contributed by atoms with Crippen LogP contribution in [0, 0.1) is 17.0 Å². The molecular formula is C13H21N5O3. The molecule has 1 aromatic rings. The Morgan fingerprint density at radius 1 is 1.52 bits per heavy atom. The van der Waals surface area contributed by atoms with Crippen molar-refractivity contribution in [3.63, 3.8) is 0 Å². The summed E-state index contributed by atoms with van der Waals surface area (Å²) in [6.07, 6.45) is 3.39. The zero-order valence-electron chi connectivity index (χ0n) is 12.6. The number of rotatable bonds is 8. The molecule has 1 aromatic heterocycles. The van der Waals surface area contributed by atoms with Crippen LogP contribution in [0.1, 0.15) is 45.2 Å². The lowest BCUT2D eigenvalue weighted by molar-refractivity contribution is -0.389. The molecule has 0 atom stereocenters. The number of hydrogen-bond donors (Lipinski definition) is 1. The second-order valence-electron chi connectivity index (χ2n) is 4.90. The quantitative estimate of drug-likeness (QED) is 0.343. The van der Waals surface area contributed by atoms with Gasteiger partial charge >= 0.3 is 5.82 Å². The molecule has 0 aliphatic rings. The van der Waals surface area contributed by atoms with E-state index in [4.69, 9.17) is 0 Å². The van der Waals surface area contributed by atoms with Crippen molar-refractivity contribution in [2.75, 3.05) is 0 Å². The van der Waals surface area contributed by atoms with Gasteiger partial charge in [-0.25, -0.2) is 5.43 Å². The Hall–Kier alpha value is -2.25. The number of nitro groups is 1. The van der Waals surface area contributed by atoms with Crippen molar-refractivity contribution in [1.29, 1.82) is 0 Å². The summed E-state index contributed by atoms with van der Waals surface area (Å²) in [4.78, 5) is 21.6. The monoisotopic (exact) mass is 295 g/mol. The van der Waals surface area contributed by atoms with Crippen LogP contribution >= 0.6 is 0 Å². The summed E-state index contributed by atoms with van der Waals surface area (Å²) < 4.78 is 1.49. The number of carbonyl (C=O) groups excluding carboxylic acids is 1. The molecule has 1 heterocycles. The van der Waals surface area contributed by atoms with E-state index in [0.717, 1.165) is 19.3 Å². The first-order chi connectivity index (χ1) is 9.93. The van der Waals surface area contributed by atoms with Gasteiger partial charge < -0.3 is 10.1 Å². The molecule has 0 bridgehead atoms. The van der Waals surface area contributed by atoms with Gasteiger partial charge in [0.2, 0.25) is 5.91 Å². The van der Waals surface area contributed by atoms with Crippen LogP contribution in [0.25, 0.3) is 0 Å². The average molecular weight is 295 g/mol. The van der Waals surface area contributed by atoms with Gasteiger partial charge in [0.05, 0.1) is 22.6 Å². The zero-order valence-corrected chi connectivity index (χ0v) is 12.6. The minimum atomic E-state index is -0.536. The van der Waals surface area contributed by atoms with Crippen molar-refractivity contribution in [1.82, 2.24) is 15.2 Å². The van der Waals surface area contributed by atoms with Crippen molar-refractivity contribution in [2.45, 2.75) is 53.0 Å². The van der Waals surface area contributed by atoms with Gasteiger partial charge in [-0.2, -0.15) is 9.78 Å². The predicted molar refractivity (Wildman–Crippen MR) is 79.0 cm³/mol. The summed E-state index contributed by atoms with van der Waals surface area (Å²) in [6, 6.07) is 1.40. The first kappa shape index (κ1) is 16.8. The van der Waals surface area contributed by atoms with E-state index in [0.29, 0.717) is 24.4 Å². The van der Waals surface area contributed by atoms with E-state index in [1.165, 1.54) is 10.7 Å². The van der Waals surface area contributed by atoms with Crippen molar-refractivity contribution >= 4 is 17.4 Å². The lowest BCUT2D eigenvalue weighted by atomic mass is 10.2. The second kappa shape index (κ2) is 8.13. The van der Waals surface area contributed by atoms with E-state index >= 15 is 0 Å². The first-order valence-corrected chi connectivity index (χ1v) is 6.95. The van der Waals surface area contributed by atoms with Gasteiger partial charge in [0.25, 0.3) is 0 Å². The summed E-state index contributed by atoms with van der Waals surface area (Å²) in [7, 11) is 0. The number of unbranched alkanes of at least 4 members (excludes halogenated alkanes) is 2. The van der Waals surface area contributed by atoms with E-state index in [-0.39, 0.29) is 11.7 Å². The lowest BCUT2D eigenvalue weighted by Gasteiger charge is -2.02. The highest BCUT2D eigenvalue weighted by Crippen LogP contribution is 2.10. The number of hydrogen-bond acceptors (Lipinski definition) is 5. The normalized spacial score (nSPS) is 11.5. The third-order valence-corrected chi connectivity index (χ3v) is 2.91. The van der Waals surface area contributed by atoms with Gasteiger partial charge in [-0.1, -0.05) is 19.8 Å². The number of nitrogens with one attached hydrogen (secondary N) is 1. The van der Waals surface area contributed by atoms with Gasteiger partial charge in [-0.05, 0) is 25.2 Å². The summed E-state index contributed by atoms with van der Waals surface area (Å²) in [5.74, 6) is -0.310. The third-order valence-electron chi connectivity index (χ3n) is 2.91. The SMILES string of the molecule is CCCCCC(=O)NN=C(C)Cn1nc([N+](=O)[O-])cc1C. The molecule has 0 radical (unpaired) electrons. The van der Waals surface area contributed by atoms with E-state index < -0.39 is 4.92 Å². The average Bonchev–Trinajstić information content (AvgIpc) is 2.78. The lowest BCUT2D eigenvalue weighted by Crippen LogP contribution is -2.20. The van der Waals surface area contributed by atoms with Crippen LogP contribution in [0.2, 0.25) is 0 Å².